The molecule has 3 aromatic rings. The van der Waals surface area contributed by atoms with Gasteiger partial charge >= 0.3 is 0 Å². The van der Waals surface area contributed by atoms with Gasteiger partial charge in [-0.05, 0) is 24.6 Å². The van der Waals surface area contributed by atoms with Gasteiger partial charge in [0.15, 0.2) is 0 Å². The van der Waals surface area contributed by atoms with Gasteiger partial charge in [-0.1, -0.05) is 12.1 Å². The molecule has 0 amide bonds. The molecule has 0 bridgehead atoms. The smallest absolute Gasteiger partial charge is 0.145 e. The summed E-state index contributed by atoms with van der Waals surface area (Å²) in [5.74, 6) is 0.491. The van der Waals surface area contributed by atoms with Crippen molar-refractivity contribution in [1.82, 2.24) is 20.0 Å². The van der Waals surface area contributed by atoms with Crippen molar-refractivity contribution in [2.45, 2.75) is 6.92 Å². The van der Waals surface area contributed by atoms with Crippen LogP contribution in [-0.4, -0.2) is 20.0 Å². The lowest BCUT2D eigenvalue weighted by Crippen LogP contribution is -1.94. The van der Waals surface area contributed by atoms with Crippen molar-refractivity contribution >= 4 is 5.82 Å². The highest BCUT2D eigenvalue weighted by Gasteiger charge is 2.04. The van der Waals surface area contributed by atoms with Crippen molar-refractivity contribution in [3.8, 4) is 16.9 Å². The fourth-order valence-electron chi connectivity index (χ4n) is 1.86. The van der Waals surface area contributed by atoms with Crippen LogP contribution >= 0.6 is 0 Å². The minimum atomic E-state index is 0.491. The largest absolute Gasteiger partial charge is 0.382 e. The number of nitrogens with two attached hydrogens (primary N) is 1. The Bertz CT molecular complexity index is 625. The van der Waals surface area contributed by atoms with Gasteiger partial charge in [-0.25, -0.2) is 4.68 Å². The van der Waals surface area contributed by atoms with Crippen LogP contribution in [0.4, 0.5) is 5.82 Å². The first-order valence-corrected chi connectivity index (χ1v) is 5.65. The van der Waals surface area contributed by atoms with Gasteiger partial charge in [-0.3, -0.25) is 5.10 Å². The molecular formula is C13H13N5. The standard InChI is InChI=1S/C13H13N5/c1-9-7-15-18(8-9)11-4-2-3-10(5-11)12-6-13(14)17-16-12/h2-8H,1H3,(H3,14,16,17). The Balaban J connectivity index is 2.04. The Morgan fingerprint density at radius 1 is 1.28 bits per heavy atom. The van der Waals surface area contributed by atoms with Crippen LogP contribution in [0.15, 0.2) is 42.7 Å². The fraction of sp³-hybridized carbons (Fsp3) is 0.0769. The predicted molar refractivity (Wildman–Crippen MR) is 70.3 cm³/mol. The molecule has 0 aliphatic carbocycles. The Hall–Kier alpha value is -2.56. The Morgan fingerprint density at radius 3 is 2.83 bits per heavy atom. The zero-order chi connectivity index (χ0) is 12.5. The fourth-order valence-corrected chi connectivity index (χ4v) is 1.86. The molecule has 3 rings (SSSR count). The molecule has 0 spiro atoms. The van der Waals surface area contributed by atoms with E-state index in [2.05, 4.69) is 15.3 Å². The molecule has 5 nitrogen and oxygen atoms in total. The molecule has 3 N–H and O–H groups in total. The summed E-state index contributed by atoms with van der Waals surface area (Å²) >= 11 is 0. The van der Waals surface area contributed by atoms with Gasteiger partial charge in [0.25, 0.3) is 0 Å². The van der Waals surface area contributed by atoms with Crippen molar-refractivity contribution in [3.63, 3.8) is 0 Å². The summed E-state index contributed by atoms with van der Waals surface area (Å²) in [5.41, 5.74) is 9.68. The van der Waals surface area contributed by atoms with Crippen LogP contribution in [0.5, 0.6) is 0 Å². The van der Waals surface area contributed by atoms with Gasteiger partial charge in [0.05, 0.1) is 17.6 Å². The molecule has 0 saturated heterocycles. The lowest BCUT2D eigenvalue weighted by Gasteiger charge is -2.03. The molecule has 2 heterocycles. The van der Waals surface area contributed by atoms with E-state index in [1.54, 1.807) is 0 Å². The monoisotopic (exact) mass is 239 g/mol. The summed E-state index contributed by atoms with van der Waals surface area (Å²) in [5, 5.41) is 11.1. The minimum Gasteiger partial charge on any atom is -0.382 e. The number of hydrogen-bond donors (Lipinski definition) is 2. The normalized spacial score (nSPS) is 10.7. The first kappa shape index (κ1) is 10.6. The van der Waals surface area contributed by atoms with Crippen LogP contribution in [0.2, 0.25) is 0 Å². The lowest BCUT2D eigenvalue weighted by atomic mass is 10.1. The van der Waals surface area contributed by atoms with E-state index in [9.17, 15) is 0 Å². The molecule has 0 saturated carbocycles. The van der Waals surface area contributed by atoms with Gasteiger partial charge < -0.3 is 5.73 Å². The lowest BCUT2D eigenvalue weighted by molar-refractivity contribution is 0.880. The van der Waals surface area contributed by atoms with E-state index in [1.165, 1.54) is 0 Å². The molecule has 18 heavy (non-hydrogen) atoms. The average Bonchev–Trinajstić information content (AvgIpc) is 2.98. The maximum absolute atomic E-state index is 5.61. The Morgan fingerprint density at radius 2 is 2.17 bits per heavy atom. The van der Waals surface area contributed by atoms with Crippen LogP contribution in [0.3, 0.4) is 0 Å². The number of nitrogens with zero attached hydrogens (tertiary/aromatic N) is 3. The number of aryl methyl sites for hydroxylation is 1. The SMILES string of the molecule is Cc1cnn(-c2cccc(-c3cc(N)n[nH]3)c2)c1. The summed E-state index contributed by atoms with van der Waals surface area (Å²) in [6, 6.07) is 9.86. The van der Waals surface area contributed by atoms with Crippen molar-refractivity contribution in [1.29, 1.82) is 0 Å². The summed E-state index contributed by atoms with van der Waals surface area (Å²) in [4.78, 5) is 0. The van der Waals surface area contributed by atoms with E-state index in [0.29, 0.717) is 5.82 Å². The van der Waals surface area contributed by atoms with Crippen molar-refractivity contribution in [2.75, 3.05) is 5.73 Å². The molecule has 0 unspecified atom stereocenters. The van der Waals surface area contributed by atoms with Gasteiger partial charge in [-0.15, -0.1) is 0 Å². The van der Waals surface area contributed by atoms with Gasteiger partial charge in [-0.2, -0.15) is 10.2 Å². The number of nitrogens with one attached hydrogen (secondary N) is 1. The van der Waals surface area contributed by atoms with Crippen molar-refractivity contribution in [2.24, 2.45) is 0 Å². The second-order valence-corrected chi connectivity index (χ2v) is 4.22. The highest BCUT2D eigenvalue weighted by Crippen LogP contribution is 2.21. The number of H-pyrrole nitrogens is 1. The second kappa shape index (κ2) is 4.03. The number of hydrogen-bond acceptors (Lipinski definition) is 3. The molecule has 1 aromatic carbocycles. The third kappa shape index (κ3) is 1.86. The topological polar surface area (TPSA) is 72.5 Å². The number of benzene rings is 1. The highest BCUT2D eigenvalue weighted by atomic mass is 15.3. The van der Waals surface area contributed by atoms with Crippen molar-refractivity contribution < 1.29 is 0 Å². The number of rotatable bonds is 2. The van der Waals surface area contributed by atoms with E-state index < -0.39 is 0 Å². The number of nitrogen functional groups attached to an aromatic ring is 1. The van der Waals surface area contributed by atoms with Crippen LogP contribution in [0, 0.1) is 6.92 Å². The molecule has 5 heteroatoms. The van der Waals surface area contributed by atoms with E-state index >= 15 is 0 Å². The predicted octanol–water partition coefficient (Wildman–Crippen LogP) is 2.15. The number of anilines is 1. The third-order valence-corrected chi connectivity index (χ3v) is 2.73. The van der Waals surface area contributed by atoms with Crippen LogP contribution in [0.25, 0.3) is 16.9 Å². The number of aromatic amines is 1. The second-order valence-electron chi connectivity index (χ2n) is 4.22. The van der Waals surface area contributed by atoms with E-state index in [4.69, 9.17) is 5.73 Å². The van der Waals surface area contributed by atoms with E-state index in [-0.39, 0.29) is 0 Å². The minimum absolute atomic E-state index is 0.491. The zero-order valence-corrected chi connectivity index (χ0v) is 9.96. The summed E-state index contributed by atoms with van der Waals surface area (Å²) in [6.45, 7) is 2.02. The summed E-state index contributed by atoms with van der Waals surface area (Å²) in [7, 11) is 0. The van der Waals surface area contributed by atoms with Crippen molar-refractivity contribution in [3.05, 3.63) is 48.3 Å². The van der Waals surface area contributed by atoms with Crippen LogP contribution < -0.4 is 5.73 Å². The molecule has 0 radical (unpaired) electrons. The molecule has 0 aliphatic heterocycles. The molecule has 0 atom stereocenters. The summed E-state index contributed by atoms with van der Waals surface area (Å²) < 4.78 is 1.85. The third-order valence-electron chi connectivity index (χ3n) is 2.73. The maximum atomic E-state index is 5.61. The van der Waals surface area contributed by atoms with E-state index in [0.717, 1.165) is 22.5 Å². The van der Waals surface area contributed by atoms with Gasteiger partial charge in [0, 0.05) is 17.8 Å². The Labute approximate surface area is 104 Å². The Kier molecular flexibility index (Phi) is 2.37. The summed E-state index contributed by atoms with van der Waals surface area (Å²) in [6.07, 6.45) is 3.82. The molecule has 0 fully saturated rings. The van der Waals surface area contributed by atoms with E-state index in [1.807, 2.05) is 54.3 Å². The van der Waals surface area contributed by atoms with Gasteiger partial charge in [0.2, 0.25) is 0 Å². The zero-order valence-electron chi connectivity index (χ0n) is 9.96. The molecule has 90 valence electrons. The molecule has 2 aromatic heterocycles. The average molecular weight is 239 g/mol. The molecule has 0 aliphatic rings. The molecular weight excluding hydrogens is 226 g/mol. The van der Waals surface area contributed by atoms with Crippen LogP contribution in [0.1, 0.15) is 5.56 Å². The highest BCUT2D eigenvalue weighted by molar-refractivity contribution is 5.64. The van der Waals surface area contributed by atoms with Gasteiger partial charge in [0.1, 0.15) is 5.82 Å². The van der Waals surface area contributed by atoms with Crippen LogP contribution in [-0.2, 0) is 0 Å². The first-order chi connectivity index (χ1) is 8.72. The quantitative estimate of drug-likeness (QED) is 0.719. The first-order valence-electron chi connectivity index (χ1n) is 5.65. The maximum Gasteiger partial charge on any atom is 0.145 e. The number of aromatic nitrogens is 4.